The third kappa shape index (κ3) is 2.65. The summed E-state index contributed by atoms with van der Waals surface area (Å²) in [5, 5.41) is 20.3. The van der Waals surface area contributed by atoms with Gasteiger partial charge in [-0.15, -0.1) is 23.2 Å². The third-order valence-corrected chi connectivity index (χ3v) is 4.64. The molecule has 0 bridgehead atoms. The molecule has 0 saturated carbocycles. The third-order valence-electron chi connectivity index (χ3n) is 3.72. The van der Waals surface area contributed by atoms with Crippen LogP contribution in [0.15, 0.2) is 0 Å². The van der Waals surface area contributed by atoms with Crippen molar-refractivity contribution in [1.82, 2.24) is 0 Å². The number of halogens is 2. The topological polar surface area (TPSA) is 49.7 Å². The Morgan fingerprint density at radius 3 is 2.56 bits per heavy atom. The first-order valence-electron chi connectivity index (χ1n) is 5.57. The average molecular weight is 271 g/mol. The van der Waals surface area contributed by atoms with Gasteiger partial charge in [-0.1, -0.05) is 0 Å². The van der Waals surface area contributed by atoms with Crippen molar-refractivity contribution in [2.75, 3.05) is 19.1 Å². The second kappa shape index (κ2) is 5.40. The van der Waals surface area contributed by atoms with Gasteiger partial charge in [-0.2, -0.15) is 0 Å². The number of alkyl halides is 2. The van der Waals surface area contributed by atoms with Crippen LogP contribution in [-0.4, -0.2) is 45.9 Å². The molecule has 3 nitrogen and oxygen atoms in total. The predicted molar refractivity (Wildman–Crippen MR) is 65.2 cm³/mol. The molecule has 1 saturated heterocycles. The van der Waals surface area contributed by atoms with Gasteiger partial charge >= 0.3 is 0 Å². The molecule has 0 aromatic carbocycles. The second-order valence-corrected chi connectivity index (χ2v) is 5.90. The highest BCUT2D eigenvalue weighted by Gasteiger charge is 2.51. The van der Waals surface area contributed by atoms with Crippen LogP contribution >= 0.6 is 23.2 Å². The lowest BCUT2D eigenvalue weighted by Crippen LogP contribution is -2.59. The molecule has 5 heteroatoms. The molecular formula is C11H20Cl2O3. The summed E-state index contributed by atoms with van der Waals surface area (Å²) in [6.45, 7) is 4.47. The smallest absolute Gasteiger partial charge is 0.0974 e. The van der Waals surface area contributed by atoms with Crippen molar-refractivity contribution >= 4 is 23.2 Å². The molecule has 16 heavy (non-hydrogen) atoms. The Bertz CT molecular complexity index is 225. The SMILES string of the molecule is CC(O)(C1CCCOC1)C(C)(Cl)C(O)CCl. The van der Waals surface area contributed by atoms with E-state index in [9.17, 15) is 10.2 Å². The Morgan fingerprint density at radius 1 is 1.50 bits per heavy atom. The van der Waals surface area contributed by atoms with Crippen LogP contribution in [0.2, 0.25) is 0 Å². The molecule has 0 amide bonds. The molecule has 1 rings (SSSR count). The number of hydrogen-bond donors (Lipinski definition) is 2. The molecule has 0 spiro atoms. The molecule has 0 radical (unpaired) electrons. The zero-order chi connectivity index (χ0) is 12.4. The summed E-state index contributed by atoms with van der Waals surface area (Å²) in [5.41, 5.74) is -1.21. The van der Waals surface area contributed by atoms with Crippen molar-refractivity contribution in [2.24, 2.45) is 5.92 Å². The summed E-state index contributed by atoms with van der Waals surface area (Å²) in [4.78, 5) is -1.17. The number of rotatable bonds is 4. The molecule has 0 aliphatic carbocycles. The van der Waals surface area contributed by atoms with E-state index in [1.807, 2.05) is 0 Å². The van der Waals surface area contributed by atoms with E-state index in [0.717, 1.165) is 19.4 Å². The van der Waals surface area contributed by atoms with Gasteiger partial charge in [0.25, 0.3) is 0 Å². The zero-order valence-electron chi connectivity index (χ0n) is 9.75. The number of aliphatic hydroxyl groups is 2. The van der Waals surface area contributed by atoms with E-state index in [0.29, 0.717) is 6.61 Å². The van der Waals surface area contributed by atoms with Gasteiger partial charge in [0, 0.05) is 12.5 Å². The minimum Gasteiger partial charge on any atom is -0.390 e. The van der Waals surface area contributed by atoms with Crippen LogP contribution in [0.3, 0.4) is 0 Å². The van der Waals surface area contributed by atoms with Gasteiger partial charge in [-0.05, 0) is 26.7 Å². The molecular weight excluding hydrogens is 251 g/mol. The first-order valence-corrected chi connectivity index (χ1v) is 6.48. The van der Waals surface area contributed by atoms with Crippen LogP contribution in [0, 0.1) is 5.92 Å². The first kappa shape index (κ1) is 14.5. The molecule has 4 atom stereocenters. The zero-order valence-corrected chi connectivity index (χ0v) is 11.3. The van der Waals surface area contributed by atoms with E-state index in [2.05, 4.69) is 0 Å². The van der Waals surface area contributed by atoms with Crippen molar-refractivity contribution in [2.45, 2.75) is 43.3 Å². The van der Waals surface area contributed by atoms with Crippen molar-refractivity contribution < 1.29 is 14.9 Å². The highest BCUT2D eigenvalue weighted by Crippen LogP contribution is 2.41. The van der Waals surface area contributed by atoms with E-state index in [1.165, 1.54) is 0 Å². The Labute approximate surface area is 107 Å². The highest BCUT2D eigenvalue weighted by molar-refractivity contribution is 6.26. The molecule has 1 aliphatic heterocycles. The van der Waals surface area contributed by atoms with E-state index >= 15 is 0 Å². The molecule has 96 valence electrons. The van der Waals surface area contributed by atoms with Gasteiger partial charge in [-0.3, -0.25) is 0 Å². The van der Waals surface area contributed by atoms with Gasteiger partial charge in [0.15, 0.2) is 0 Å². The van der Waals surface area contributed by atoms with Gasteiger partial charge in [0.1, 0.15) is 0 Å². The Balaban J connectivity index is 2.81. The molecule has 0 aromatic heterocycles. The van der Waals surface area contributed by atoms with Crippen LogP contribution in [0.5, 0.6) is 0 Å². The minimum absolute atomic E-state index is 0.00370. The largest absolute Gasteiger partial charge is 0.390 e. The number of hydrogen-bond acceptors (Lipinski definition) is 3. The lowest BCUT2D eigenvalue weighted by Gasteiger charge is -2.46. The van der Waals surface area contributed by atoms with Crippen LogP contribution in [0.4, 0.5) is 0 Å². The molecule has 1 heterocycles. The van der Waals surface area contributed by atoms with Gasteiger partial charge in [-0.25, -0.2) is 0 Å². The average Bonchev–Trinajstić information content (AvgIpc) is 2.28. The Hall–Kier alpha value is 0.460. The summed E-state index contributed by atoms with van der Waals surface area (Å²) >= 11 is 11.9. The van der Waals surface area contributed by atoms with Crippen molar-refractivity contribution in [3.63, 3.8) is 0 Å². The fraction of sp³-hybridized carbons (Fsp3) is 1.00. The lowest BCUT2D eigenvalue weighted by atomic mass is 9.74. The Kier molecular flexibility index (Phi) is 4.90. The van der Waals surface area contributed by atoms with Gasteiger partial charge < -0.3 is 14.9 Å². The van der Waals surface area contributed by atoms with E-state index in [4.69, 9.17) is 27.9 Å². The molecule has 0 aromatic rings. The second-order valence-electron chi connectivity index (χ2n) is 4.81. The maximum atomic E-state index is 10.5. The van der Waals surface area contributed by atoms with E-state index in [-0.39, 0.29) is 11.8 Å². The van der Waals surface area contributed by atoms with Crippen LogP contribution in [0.1, 0.15) is 26.7 Å². The Morgan fingerprint density at radius 2 is 2.12 bits per heavy atom. The maximum absolute atomic E-state index is 10.5. The molecule has 4 unspecified atom stereocenters. The minimum atomic E-state index is -1.21. The number of ether oxygens (including phenoxy) is 1. The summed E-state index contributed by atoms with van der Waals surface area (Å²) in [6, 6.07) is 0. The van der Waals surface area contributed by atoms with Crippen LogP contribution in [0.25, 0.3) is 0 Å². The van der Waals surface area contributed by atoms with Crippen molar-refractivity contribution in [3.05, 3.63) is 0 Å². The summed E-state index contributed by atoms with van der Waals surface area (Å²) < 4.78 is 5.34. The molecule has 1 aliphatic rings. The molecule has 1 fully saturated rings. The summed E-state index contributed by atoms with van der Waals surface area (Å²) in [7, 11) is 0. The van der Waals surface area contributed by atoms with Crippen molar-refractivity contribution in [1.29, 1.82) is 0 Å². The fourth-order valence-corrected chi connectivity index (χ4v) is 2.68. The number of aliphatic hydroxyl groups excluding tert-OH is 1. The van der Waals surface area contributed by atoms with Gasteiger partial charge in [0.2, 0.25) is 0 Å². The van der Waals surface area contributed by atoms with E-state index < -0.39 is 16.6 Å². The first-order chi connectivity index (χ1) is 7.34. The summed E-state index contributed by atoms with van der Waals surface area (Å²) in [6.07, 6.45) is 0.808. The van der Waals surface area contributed by atoms with E-state index in [1.54, 1.807) is 13.8 Å². The monoisotopic (exact) mass is 270 g/mol. The van der Waals surface area contributed by atoms with Gasteiger partial charge in [0.05, 0.1) is 29.1 Å². The fourth-order valence-electron chi connectivity index (χ4n) is 2.07. The van der Waals surface area contributed by atoms with Crippen LogP contribution in [-0.2, 0) is 4.74 Å². The normalized spacial score (nSPS) is 31.5. The lowest BCUT2D eigenvalue weighted by molar-refractivity contribution is -0.109. The van der Waals surface area contributed by atoms with Crippen molar-refractivity contribution in [3.8, 4) is 0 Å². The molecule has 2 N–H and O–H groups in total. The van der Waals surface area contributed by atoms with Crippen LogP contribution < -0.4 is 0 Å². The summed E-state index contributed by atoms with van der Waals surface area (Å²) in [5.74, 6) is -0.0642. The quantitative estimate of drug-likeness (QED) is 0.766. The standard InChI is InChI=1S/C11H20Cl2O3/c1-10(13,9(14)6-12)11(2,15)8-4-3-5-16-7-8/h8-9,14-15H,3-7H2,1-2H3. The predicted octanol–water partition coefficient (Wildman–Crippen LogP) is 1.76. The highest BCUT2D eigenvalue weighted by atomic mass is 35.5. The maximum Gasteiger partial charge on any atom is 0.0974 e.